The quantitative estimate of drug-likeness (QED) is 0.700. The summed E-state index contributed by atoms with van der Waals surface area (Å²) in [6, 6.07) is 1.69. The Kier molecular flexibility index (Phi) is 6.93. The van der Waals surface area contributed by atoms with Crippen LogP contribution in [-0.2, 0) is 0 Å². The van der Waals surface area contributed by atoms with Crippen LogP contribution in [0.2, 0.25) is 0 Å². The third kappa shape index (κ3) is 6.47. The topological polar surface area (TPSA) is 70.2 Å². The van der Waals surface area contributed by atoms with Crippen LogP contribution in [0.1, 0.15) is 30.8 Å². The second-order valence-corrected chi connectivity index (χ2v) is 5.48. The van der Waals surface area contributed by atoms with Crippen molar-refractivity contribution < 1.29 is 4.79 Å². The third-order valence-electron chi connectivity index (χ3n) is 2.66. The molecule has 6 nitrogen and oxygen atoms in total. The maximum atomic E-state index is 11.9. The molecule has 0 saturated carbocycles. The summed E-state index contributed by atoms with van der Waals surface area (Å²) in [5.41, 5.74) is 0.399. The first-order valence-electron chi connectivity index (χ1n) is 6.98. The van der Waals surface area contributed by atoms with Crippen molar-refractivity contribution in [3.8, 4) is 0 Å². The lowest BCUT2D eigenvalue weighted by Crippen LogP contribution is -2.28. The molecule has 20 heavy (non-hydrogen) atoms. The van der Waals surface area contributed by atoms with Crippen molar-refractivity contribution in [2.24, 2.45) is 5.92 Å². The van der Waals surface area contributed by atoms with Crippen LogP contribution < -0.4 is 10.6 Å². The van der Waals surface area contributed by atoms with E-state index in [4.69, 9.17) is 0 Å². The van der Waals surface area contributed by atoms with Crippen LogP contribution in [0, 0.1) is 5.92 Å². The molecule has 0 saturated heterocycles. The Labute approximate surface area is 121 Å². The standard InChI is InChI=1S/C14H25N5O/c1-11(2)9-16-14(20)12-8-13(18-10-17-12)15-6-5-7-19(3)4/h8,10-11H,5-7,9H2,1-4H3,(H,16,20)(H,15,17,18). The minimum Gasteiger partial charge on any atom is -0.370 e. The van der Waals surface area contributed by atoms with Crippen LogP contribution in [0.3, 0.4) is 0 Å². The first-order valence-corrected chi connectivity index (χ1v) is 6.98. The molecular weight excluding hydrogens is 254 g/mol. The molecule has 1 aromatic heterocycles. The van der Waals surface area contributed by atoms with Crippen LogP contribution in [0.5, 0.6) is 0 Å². The van der Waals surface area contributed by atoms with Gasteiger partial charge < -0.3 is 15.5 Å². The molecule has 0 bridgehead atoms. The number of hydrogen-bond donors (Lipinski definition) is 2. The fourth-order valence-corrected chi connectivity index (χ4v) is 1.58. The Morgan fingerprint density at radius 2 is 2.10 bits per heavy atom. The zero-order chi connectivity index (χ0) is 15.0. The molecule has 2 N–H and O–H groups in total. The molecule has 1 heterocycles. The predicted molar refractivity (Wildman–Crippen MR) is 80.9 cm³/mol. The van der Waals surface area contributed by atoms with Gasteiger partial charge in [-0.3, -0.25) is 4.79 Å². The van der Waals surface area contributed by atoms with Crippen LogP contribution in [0.4, 0.5) is 5.82 Å². The van der Waals surface area contributed by atoms with Gasteiger partial charge in [0.05, 0.1) is 0 Å². The van der Waals surface area contributed by atoms with Gasteiger partial charge >= 0.3 is 0 Å². The molecule has 1 aromatic rings. The first kappa shape index (κ1) is 16.4. The van der Waals surface area contributed by atoms with Gasteiger partial charge in [-0.05, 0) is 33.0 Å². The van der Waals surface area contributed by atoms with Crippen LogP contribution in [0.25, 0.3) is 0 Å². The molecule has 1 amide bonds. The number of nitrogens with one attached hydrogen (secondary N) is 2. The number of carbonyl (C=O) groups is 1. The highest BCUT2D eigenvalue weighted by Crippen LogP contribution is 2.04. The molecule has 1 rings (SSSR count). The average Bonchev–Trinajstić information content (AvgIpc) is 2.41. The van der Waals surface area contributed by atoms with E-state index in [0.29, 0.717) is 24.0 Å². The first-order chi connectivity index (χ1) is 9.49. The maximum Gasteiger partial charge on any atom is 0.270 e. The van der Waals surface area contributed by atoms with Crippen molar-refractivity contribution in [2.45, 2.75) is 20.3 Å². The Hall–Kier alpha value is -1.69. The maximum absolute atomic E-state index is 11.9. The Morgan fingerprint density at radius 1 is 1.35 bits per heavy atom. The SMILES string of the molecule is CC(C)CNC(=O)c1cc(NCCCN(C)C)ncn1. The number of carbonyl (C=O) groups excluding carboxylic acids is 1. The fourth-order valence-electron chi connectivity index (χ4n) is 1.58. The zero-order valence-corrected chi connectivity index (χ0v) is 12.8. The molecule has 0 aliphatic carbocycles. The lowest BCUT2D eigenvalue weighted by atomic mass is 10.2. The van der Waals surface area contributed by atoms with Crippen LogP contribution in [-0.4, -0.2) is 54.5 Å². The summed E-state index contributed by atoms with van der Waals surface area (Å²) >= 11 is 0. The third-order valence-corrected chi connectivity index (χ3v) is 2.66. The summed E-state index contributed by atoms with van der Waals surface area (Å²) < 4.78 is 0. The lowest BCUT2D eigenvalue weighted by Gasteiger charge is -2.11. The normalized spacial score (nSPS) is 10.9. The molecule has 0 aromatic carbocycles. The Bertz CT molecular complexity index is 420. The number of hydrogen-bond acceptors (Lipinski definition) is 5. The van der Waals surface area contributed by atoms with Gasteiger partial charge in [-0.2, -0.15) is 0 Å². The van der Waals surface area contributed by atoms with Crippen LogP contribution >= 0.6 is 0 Å². The van der Waals surface area contributed by atoms with Crippen molar-refractivity contribution in [1.82, 2.24) is 20.2 Å². The molecule has 0 spiro atoms. The van der Waals surface area contributed by atoms with Gasteiger partial charge in [0.1, 0.15) is 17.8 Å². The molecule has 0 unspecified atom stereocenters. The van der Waals surface area contributed by atoms with E-state index in [1.807, 2.05) is 14.1 Å². The van der Waals surface area contributed by atoms with Crippen molar-refractivity contribution in [1.29, 1.82) is 0 Å². The van der Waals surface area contributed by atoms with E-state index in [1.54, 1.807) is 6.07 Å². The van der Waals surface area contributed by atoms with E-state index in [0.717, 1.165) is 19.5 Å². The summed E-state index contributed by atoms with van der Waals surface area (Å²) in [5.74, 6) is 0.954. The summed E-state index contributed by atoms with van der Waals surface area (Å²) in [6.45, 7) is 6.59. The van der Waals surface area contributed by atoms with E-state index < -0.39 is 0 Å². The second kappa shape index (κ2) is 8.47. The largest absolute Gasteiger partial charge is 0.370 e. The summed E-state index contributed by atoms with van der Waals surface area (Å²) in [7, 11) is 4.09. The molecule has 6 heteroatoms. The average molecular weight is 279 g/mol. The monoisotopic (exact) mass is 279 g/mol. The smallest absolute Gasteiger partial charge is 0.270 e. The number of rotatable bonds is 8. The lowest BCUT2D eigenvalue weighted by molar-refractivity contribution is 0.0944. The van der Waals surface area contributed by atoms with Gasteiger partial charge in [-0.25, -0.2) is 9.97 Å². The van der Waals surface area contributed by atoms with Crippen molar-refractivity contribution in [2.75, 3.05) is 39.0 Å². The van der Waals surface area contributed by atoms with Gasteiger partial charge in [0.25, 0.3) is 5.91 Å². The Balaban J connectivity index is 2.46. The number of aromatic nitrogens is 2. The van der Waals surface area contributed by atoms with E-state index in [1.165, 1.54) is 6.33 Å². The minimum atomic E-state index is -0.155. The molecule has 0 fully saturated rings. The molecule has 0 aliphatic heterocycles. The number of nitrogens with zero attached hydrogens (tertiary/aromatic N) is 3. The van der Waals surface area contributed by atoms with E-state index in [9.17, 15) is 4.79 Å². The summed E-state index contributed by atoms with van der Waals surface area (Å²) in [5, 5.41) is 6.05. The van der Waals surface area contributed by atoms with Crippen LogP contribution in [0.15, 0.2) is 12.4 Å². The highest BCUT2D eigenvalue weighted by atomic mass is 16.1. The minimum absolute atomic E-state index is 0.155. The highest BCUT2D eigenvalue weighted by molar-refractivity contribution is 5.92. The molecule has 0 atom stereocenters. The van der Waals surface area contributed by atoms with Crippen molar-refractivity contribution in [3.05, 3.63) is 18.1 Å². The van der Waals surface area contributed by atoms with Gasteiger partial charge in [-0.15, -0.1) is 0 Å². The number of anilines is 1. The molecule has 112 valence electrons. The summed E-state index contributed by atoms with van der Waals surface area (Å²) in [4.78, 5) is 22.1. The van der Waals surface area contributed by atoms with E-state index >= 15 is 0 Å². The zero-order valence-electron chi connectivity index (χ0n) is 12.8. The van der Waals surface area contributed by atoms with Gasteiger partial charge in [-0.1, -0.05) is 13.8 Å². The van der Waals surface area contributed by atoms with E-state index in [-0.39, 0.29) is 5.91 Å². The van der Waals surface area contributed by atoms with Gasteiger partial charge in [0, 0.05) is 19.2 Å². The Morgan fingerprint density at radius 3 is 2.75 bits per heavy atom. The predicted octanol–water partition coefficient (Wildman–Crippen LogP) is 1.23. The molecule has 0 radical (unpaired) electrons. The number of amides is 1. The van der Waals surface area contributed by atoms with Crippen molar-refractivity contribution >= 4 is 11.7 Å². The highest BCUT2D eigenvalue weighted by Gasteiger charge is 2.08. The molecule has 0 aliphatic rings. The summed E-state index contributed by atoms with van der Waals surface area (Å²) in [6.07, 6.45) is 2.43. The van der Waals surface area contributed by atoms with Gasteiger partial charge in [0.15, 0.2) is 0 Å². The fraction of sp³-hybridized carbons (Fsp3) is 0.643. The van der Waals surface area contributed by atoms with E-state index in [2.05, 4.69) is 39.3 Å². The molecular formula is C14H25N5O. The second-order valence-electron chi connectivity index (χ2n) is 5.48. The van der Waals surface area contributed by atoms with Gasteiger partial charge in [0.2, 0.25) is 0 Å². The van der Waals surface area contributed by atoms with Crippen molar-refractivity contribution in [3.63, 3.8) is 0 Å².